The van der Waals surface area contributed by atoms with Gasteiger partial charge < -0.3 is 17.2 Å². The SMILES string of the molecule is CC(/C=C/Sc1ccccc1N)=C(/N)Sc1ccccc1N. The lowest BCUT2D eigenvalue weighted by Crippen LogP contribution is -1.96. The zero-order chi connectivity index (χ0) is 15.9. The Morgan fingerprint density at radius 3 is 2.05 bits per heavy atom. The maximum atomic E-state index is 6.13. The van der Waals surface area contributed by atoms with Crippen molar-refractivity contribution in [2.24, 2.45) is 5.73 Å². The molecule has 0 heterocycles. The first-order chi connectivity index (χ1) is 10.6. The number of benzene rings is 2. The fourth-order valence-corrected chi connectivity index (χ4v) is 3.23. The molecule has 3 nitrogen and oxygen atoms in total. The van der Waals surface area contributed by atoms with Gasteiger partial charge in [-0.05, 0) is 42.2 Å². The number of hydrogen-bond donors (Lipinski definition) is 3. The minimum Gasteiger partial charge on any atom is -0.398 e. The largest absolute Gasteiger partial charge is 0.398 e. The Morgan fingerprint density at radius 2 is 1.45 bits per heavy atom. The van der Waals surface area contributed by atoms with Crippen LogP contribution < -0.4 is 17.2 Å². The summed E-state index contributed by atoms with van der Waals surface area (Å²) >= 11 is 3.05. The van der Waals surface area contributed by atoms with E-state index in [1.807, 2.05) is 66.9 Å². The topological polar surface area (TPSA) is 78.1 Å². The van der Waals surface area contributed by atoms with E-state index in [1.165, 1.54) is 11.8 Å². The second-order valence-corrected chi connectivity index (χ2v) is 6.68. The number of nitrogen functional groups attached to an aromatic ring is 2. The third kappa shape index (κ3) is 4.51. The molecule has 0 aromatic heterocycles. The molecule has 5 heteroatoms. The molecule has 0 fully saturated rings. The van der Waals surface area contributed by atoms with E-state index in [9.17, 15) is 0 Å². The summed E-state index contributed by atoms with van der Waals surface area (Å²) in [5.41, 5.74) is 20.5. The predicted molar refractivity (Wildman–Crippen MR) is 99.5 cm³/mol. The summed E-state index contributed by atoms with van der Waals surface area (Å²) in [6, 6.07) is 15.5. The second-order valence-electron chi connectivity index (χ2n) is 4.65. The van der Waals surface area contributed by atoms with E-state index in [0.717, 1.165) is 31.8 Å². The van der Waals surface area contributed by atoms with Crippen LogP contribution in [0.15, 0.2) is 80.4 Å². The van der Waals surface area contributed by atoms with Crippen LogP contribution in [0.4, 0.5) is 11.4 Å². The van der Waals surface area contributed by atoms with Crippen molar-refractivity contribution in [2.75, 3.05) is 11.5 Å². The molecule has 2 rings (SSSR count). The molecule has 0 bridgehead atoms. The number of para-hydroxylation sites is 2. The van der Waals surface area contributed by atoms with Crippen molar-refractivity contribution < 1.29 is 0 Å². The number of thioether (sulfide) groups is 2. The lowest BCUT2D eigenvalue weighted by molar-refractivity contribution is 1.38. The van der Waals surface area contributed by atoms with Crippen molar-refractivity contribution in [1.82, 2.24) is 0 Å². The number of hydrogen-bond acceptors (Lipinski definition) is 5. The van der Waals surface area contributed by atoms with Crippen LogP contribution >= 0.6 is 23.5 Å². The molecule has 2 aromatic rings. The maximum Gasteiger partial charge on any atom is 0.0734 e. The molecule has 2 aromatic carbocycles. The maximum absolute atomic E-state index is 6.13. The molecule has 0 radical (unpaired) electrons. The molecule has 0 atom stereocenters. The molecule has 0 spiro atoms. The molecular formula is C17H19N3S2. The van der Waals surface area contributed by atoms with Crippen molar-refractivity contribution in [3.05, 3.63) is 70.6 Å². The first-order valence-corrected chi connectivity index (χ1v) is 8.44. The lowest BCUT2D eigenvalue weighted by atomic mass is 10.3. The van der Waals surface area contributed by atoms with E-state index >= 15 is 0 Å². The molecule has 0 amide bonds. The van der Waals surface area contributed by atoms with Crippen molar-refractivity contribution in [1.29, 1.82) is 0 Å². The highest BCUT2D eigenvalue weighted by Gasteiger charge is 2.02. The number of nitrogens with two attached hydrogens (primary N) is 3. The minimum atomic E-state index is 0.732. The van der Waals surface area contributed by atoms with E-state index in [1.54, 1.807) is 11.8 Å². The Balaban J connectivity index is 2.03. The van der Waals surface area contributed by atoms with Crippen molar-refractivity contribution in [3.8, 4) is 0 Å². The molecular weight excluding hydrogens is 310 g/mol. The van der Waals surface area contributed by atoms with Gasteiger partial charge in [-0.1, -0.05) is 53.9 Å². The van der Waals surface area contributed by atoms with Crippen LogP contribution in [0.1, 0.15) is 6.92 Å². The van der Waals surface area contributed by atoms with Crippen molar-refractivity contribution >= 4 is 34.9 Å². The van der Waals surface area contributed by atoms with E-state index in [-0.39, 0.29) is 0 Å². The van der Waals surface area contributed by atoms with E-state index in [0.29, 0.717) is 0 Å². The number of allylic oxidation sites excluding steroid dienone is 2. The molecule has 0 saturated heterocycles. The first kappa shape index (κ1) is 16.4. The average molecular weight is 329 g/mol. The normalized spacial score (nSPS) is 12.4. The Labute approximate surface area is 139 Å². The molecule has 0 saturated carbocycles. The van der Waals surface area contributed by atoms with E-state index in [4.69, 9.17) is 17.2 Å². The van der Waals surface area contributed by atoms with E-state index < -0.39 is 0 Å². The fraction of sp³-hybridized carbons (Fsp3) is 0.0588. The quantitative estimate of drug-likeness (QED) is 0.429. The van der Waals surface area contributed by atoms with Crippen molar-refractivity contribution in [2.45, 2.75) is 16.7 Å². The Hall–Kier alpha value is -1.98. The highest BCUT2D eigenvalue weighted by Crippen LogP contribution is 2.31. The molecule has 0 aliphatic heterocycles. The summed E-state index contributed by atoms with van der Waals surface area (Å²) in [7, 11) is 0. The smallest absolute Gasteiger partial charge is 0.0734 e. The summed E-state index contributed by atoms with van der Waals surface area (Å²) in [5.74, 6) is 0. The minimum absolute atomic E-state index is 0.732. The van der Waals surface area contributed by atoms with Gasteiger partial charge in [0.15, 0.2) is 0 Å². The zero-order valence-electron chi connectivity index (χ0n) is 12.3. The summed E-state index contributed by atoms with van der Waals surface area (Å²) in [6.45, 7) is 1.98. The highest BCUT2D eigenvalue weighted by atomic mass is 32.2. The van der Waals surface area contributed by atoms with Crippen LogP contribution in [0.3, 0.4) is 0 Å². The van der Waals surface area contributed by atoms with Gasteiger partial charge in [-0.25, -0.2) is 0 Å². The van der Waals surface area contributed by atoms with Crippen LogP contribution in [0.2, 0.25) is 0 Å². The van der Waals surface area contributed by atoms with Crippen LogP contribution in [0, 0.1) is 0 Å². The Bertz CT molecular complexity index is 709. The molecule has 22 heavy (non-hydrogen) atoms. The van der Waals surface area contributed by atoms with Gasteiger partial charge in [-0.3, -0.25) is 0 Å². The standard InChI is InChI=1S/C17H19N3S2/c1-12(10-11-21-15-8-4-2-6-13(15)18)17(20)22-16-9-5-3-7-14(16)19/h2-11H,18-20H2,1H3/b11-10+,17-12+. The van der Waals surface area contributed by atoms with Gasteiger partial charge in [0, 0.05) is 21.2 Å². The first-order valence-electron chi connectivity index (χ1n) is 6.74. The van der Waals surface area contributed by atoms with Gasteiger partial charge in [0.2, 0.25) is 0 Å². The highest BCUT2D eigenvalue weighted by molar-refractivity contribution is 8.03. The van der Waals surface area contributed by atoms with E-state index in [2.05, 4.69) is 0 Å². The number of anilines is 2. The lowest BCUT2D eigenvalue weighted by Gasteiger charge is -2.07. The predicted octanol–water partition coefficient (Wildman–Crippen LogP) is 4.44. The monoisotopic (exact) mass is 329 g/mol. The molecule has 0 aliphatic rings. The molecule has 114 valence electrons. The third-order valence-electron chi connectivity index (χ3n) is 2.96. The third-order valence-corrected chi connectivity index (χ3v) is 4.99. The van der Waals surface area contributed by atoms with Crippen LogP contribution in [-0.2, 0) is 0 Å². The van der Waals surface area contributed by atoms with Gasteiger partial charge in [-0.15, -0.1) is 0 Å². The van der Waals surface area contributed by atoms with Gasteiger partial charge in [-0.2, -0.15) is 0 Å². The average Bonchev–Trinajstić information content (AvgIpc) is 2.51. The summed E-state index contributed by atoms with van der Waals surface area (Å²) in [6.07, 6.45) is 1.98. The van der Waals surface area contributed by atoms with Gasteiger partial charge in [0.25, 0.3) is 0 Å². The number of rotatable bonds is 5. The molecule has 0 unspecified atom stereocenters. The summed E-state index contributed by atoms with van der Waals surface area (Å²) < 4.78 is 0. The summed E-state index contributed by atoms with van der Waals surface area (Å²) in [5, 5.41) is 2.72. The fourth-order valence-electron chi connectivity index (χ4n) is 1.65. The molecule has 0 aliphatic carbocycles. The van der Waals surface area contributed by atoms with Crippen LogP contribution in [0.5, 0.6) is 0 Å². The molecule has 6 N–H and O–H groups in total. The zero-order valence-corrected chi connectivity index (χ0v) is 14.0. The van der Waals surface area contributed by atoms with Gasteiger partial charge in [0.05, 0.1) is 5.03 Å². The van der Waals surface area contributed by atoms with Crippen molar-refractivity contribution in [3.63, 3.8) is 0 Å². The second kappa shape index (κ2) is 7.87. The van der Waals surface area contributed by atoms with Gasteiger partial charge in [0.1, 0.15) is 0 Å². The Kier molecular flexibility index (Phi) is 5.86. The summed E-state index contributed by atoms with van der Waals surface area (Å²) in [4.78, 5) is 2.00. The van der Waals surface area contributed by atoms with Gasteiger partial charge >= 0.3 is 0 Å². The van der Waals surface area contributed by atoms with Crippen LogP contribution in [0.25, 0.3) is 0 Å². The Morgan fingerprint density at radius 1 is 0.909 bits per heavy atom. The van der Waals surface area contributed by atoms with Crippen LogP contribution in [-0.4, -0.2) is 0 Å².